The van der Waals surface area contributed by atoms with Crippen LogP contribution in [0.2, 0.25) is 0 Å². The van der Waals surface area contributed by atoms with E-state index in [0.29, 0.717) is 5.69 Å². The fourth-order valence-corrected chi connectivity index (χ4v) is 2.69. The number of aromatic amines is 1. The van der Waals surface area contributed by atoms with Crippen LogP contribution in [0.25, 0.3) is 0 Å². The third kappa shape index (κ3) is 3.66. The van der Waals surface area contributed by atoms with Gasteiger partial charge in [0.2, 0.25) is 0 Å². The van der Waals surface area contributed by atoms with E-state index in [4.69, 9.17) is 0 Å². The first-order valence-electron chi connectivity index (χ1n) is 7.05. The molecule has 5 heteroatoms. The molecule has 1 aliphatic heterocycles. The maximum absolute atomic E-state index is 12.3. The predicted molar refractivity (Wildman–Crippen MR) is 73.0 cm³/mol. The van der Waals surface area contributed by atoms with Crippen LogP contribution in [0.4, 0.5) is 0 Å². The molecule has 1 fully saturated rings. The summed E-state index contributed by atoms with van der Waals surface area (Å²) in [6.45, 7) is 3.79. The summed E-state index contributed by atoms with van der Waals surface area (Å²) >= 11 is 0. The van der Waals surface area contributed by atoms with Crippen molar-refractivity contribution in [2.45, 2.75) is 39.0 Å². The number of nitrogens with zero attached hydrogens (tertiary/aromatic N) is 2. The topological polar surface area (TPSA) is 66.1 Å². The molecular formula is C14H21N3O2. The Morgan fingerprint density at radius 1 is 1.42 bits per heavy atom. The van der Waals surface area contributed by atoms with Gasteiger partial charge >= 0.3 is 0 Å². The normalized spacial score (nSPS) is 20.1. The Hall–Kier alpha value is -1.65. The fraction of sp³-hybridized carbons (Fsp3) is 0.643. The van der Waals surface area contributed by atoms with Gasteiger partial charge in [-0.1, -0.05) is 19.8 Å². The molecule has 5 nitrogen and oxygen atoms in total. The largest absolute Gasteiger partial charge is 0.337 e. The van der Waals surface area contributed by atoms with Crippen LogP contribution >= 0.6 is 0 Å². The highest BCUT2D eigenvalue weighted by atomic mass is 16.2. The van der Waals surface area contributed by atoms with Crippen molar-refractivity contribution in [1.29, 1.82) is 0 Å². The van der Waals surface area contributed by atoms with Crippen LogP contribution in [0.15, 0.2) is 16.9 Å². The maximum Gasteiger partial charge on any atom is 0.274 e. The lowest BCUT2D eigenvalue weighted by molar-refractivity contribution is 0.0752. The smallest absolute Gasteiger partial charge is 0.274 e. The quantitative estimate of drug-likeness (QED) is 0.904. The van der Waals surface area contributed by atoms with Crippen molar-refractivity contribution in [1.82, 2.24) is 15.1 Å². The summed E-state index contributed by atoms with van der Waals surface area (Å²) in [6, 6.07) is 2.84. The molecule has 1 N–H and O–H groups in total. The molecule has 0 bridgehead atoms. The molecule has 0 unspecified atom stereocenters. The Morgan fingerprint density at radius 3 is 2.95 bits per heavy atom. The molecule has 0 spiro atoms. The first-order chi connectivity index (χ1) is 9.20. The van der Waals surface area contributed by atoms with Crippen molar-refractivity contribution in [3.05, 3.63) is 28.2 Å². The van der Waals surface area contributed by atoms with Gasteiger partial charge in [0.25, 0.3) is 11.5 Å². The summed E-state index contributed by atoms with van der Waals surface area (Å²) in [7, 11) is 0. The first-order valence-corrected chi connectivity index (χ1v) is 7.05. The van der Waals surface area contributed by atoms with Crippen LogP contribution in [-0.2, 0) is 0 Å². The minimum Gasteiger partial charge on any atom is -0.337 e. The number of hydrogen-bond donors (Lipinski definition) is 1. The van der Waals surface area contributed by atoms with Crippen LogP contribution in [0.1, 0.15) is 49.5 Å². The summed E-state index contributed by atoms with van der Waals surface area (Å²) in [6.07, 6.45) is 5.79. The van der Waals surface area contributed by atoms with E-state index in [9.17, 15) is 9.59 Å². The van der Waals surface area contributed by atoms with Gasteiger partial charge in [0.15, 0.2) is 0 Å². The van der Waals surface area contributed by atoms with E-state index < -0.39 is 0 Å². The predicted octanol–water partition coefficient (Wildman–Crippen LogP) is 1.81. The zero-order chi connectivity index (χ0) is 13.7. The summed E-state index contributed by atoms with van der Waals surface area (Å²) in [4.78, 5) is 25.1. The number of rotatable bonds is 3. The minimum absolute atomic E-state index is 0.0756. The molecule has 104 valence electrons. The number of hydrogen-bond acceptors (Lipinski definition) is 3. The molecule has 1 atom stereocenters. The fourth-order valence-electron chi connectivity index (χ4n) is 2.69. The molecule has 2 heterocycles. The van der Waals surface area contributed by atoms with Crippen LogP contribution in [0, 0.1) is 5.92 Å². The highest BCUT2D eigenvalue weighted by Gasteiger charge is 2.21. The Labute approximate surface area is 113 Å². The highest BCUT2D eigenvalue weighted by molar-refractivity contribution is 5.92. The second-order valence-corrected chi connectivity index (χ2v) is 5.18. The van der Waals surface area contributed by atoms with E-state index in [1.165, 1.54) is 31.4 Å². The molecule has 1 aromatic rings. The lowest BCUT2D eigenvalue weighted by Crippen LogP contribution is -2.33. The molecule has 0 saturated carbocycles. The second kappa shape index (κ2) is 6.50. The molecule has 19 heavy (non-hydrogen) atoms. The van der Waals surface area contributed by atoms with Crippen molar-refractivity contribution in [3.8, 4) is 0 Å². The maximum atomic E-state index is 12.3. The van der Waals surface area contributed by atoms with E-state index >= 15 is 0 Å². The van der Waals surface area contributed by atoms with Crippen LogP contribution in [-0.4, -0.2) is 34.1 Å². The van der Waals surface area contributed by atoms with Crippen LogP contribution < -0.4 is 5.56 Å². The van der Waals surface area contributed by atoms with E-state index in [2.05, 4.69) is 17.1 Å². The summed E-state index contributed by atoms with van der Waals surface area (Å²) in [5, 5.41) is 6.12. The van der Waals surface area contributed by atoms with E-state index in [0.717, 1.165) is 31.8 Å². The van der Waals surface area contributed by atoms with E-state index in [-0.39, 0.29) is 11.5 Å². The lowest BCUT2D eigenvalue weighted by atomic mass is 9.96. The molecule has 1 aromatic heterocycles. The molecule has 0 aromatic carbocycles. The minimum atomic E-state index is -0.282. The number of carbonyl (C=O) groups excluding carboxylic acids is 1. The first kappa shape index (κ1) is 13.8. The average molecular weight is 263 g/mol. The van der Waals surface area contributed by atoms with Crippen molar-refractivity contribution in [2.75, 3.05) is 13.1 Å². The van der Waals surface area contributed by atoms with Crippen LogP contribution in [0.5, 0.6) is 0 Å². The zero-order valence-electron chi connectivity index (χ0n) is 11.4. The number of aromatic nitrogens is 2. The van der Waals surface area contributed by atoms with Gasteiger partial charge in [-0.3, -0.25) is 9.59 Å². The second-order valence-electron chi connectivity index (χ2n) is 5.18. The Morgan fingerprint density at radius 2 is 2.26 bits per heavy atom. The highest BCUT2D eigenvalue weighted by Crippen LogP contribution is 2.22. The summed E-state index contributed by atoms with van der Waals surface area (Å²) in [5.74, 6) is 0.666. The third-order valence-electron chi connectivity index (χ3n) is 3.73. The van der Waals surface area contributed by atoms with Gasteiger partial charge in [-0.05, 0) is 31.2 Å². The van der Waals surface area contributed by atoms with Crippen molar-refractivity contribution in [3.63, 3.8) is 0 Å². The summed E-state index contributed by atoms with van der Waals surface area (Å²) < 4.78 is 0. The van der Waals surface area contributed by atoms with Crippen molar-refractivity contribution in [2.24, 2.45) is 5.92 Å². The molecule has 1 amide bonds. The molecule has 0 radical (unpaired) electrons. The van der Waals surface area contributed by atoms with E-state index in [1.807, 2.05) is 4.90 Å². The number of H-pyrrole nitrogens is 1. The number of nitrogens with one attached hydrogen (secondary N) is 1. The van der Waals surface area contributed by atoms with Gasteiger partial charge in [0, 0.05) is 19.2 Å². The van der Waals surface area contributed by atoms with Gasteiger partial charge in [-0.15, -0.1) is 0 Å². The number of likely N-dealkylation sites (tertiary alicyclic amines) is 1. The van der Waals surface area contributed by atoms with Gasteiger partial charge in [0.05, 0.1) is 0 Å². The van der Waals surface area contributed by atoms with Crippen molar-refractivity contribution >= 4 is 5.91 Å². The Balaban J connectivity index is 1.99. The zero-order valence-corrected chi connectivity index (χ0v) is 11.4. The SMILES string of the molecule is CCC[C@@H]1CCCN(C(=O)c2ccc(=O)[nH]n2)CC1. The summed E-state index contributed by atoms with van der Waals surface area (Å²) in [5.41, 5.74) is 0.0453. The third-order valence-corrected chi connectivity index (χ3v) is 3.73. The molecular weight excluding hydrogens is 242 g/mol. The molecule has 0 aliphatic carbocycles. The standard InChI is InChI=1S/C14H21N3O2/c1-2-4-11-5-3-9-17(10-8-11)14(19)12-6-7-13(18)16-15-12/h6-7,11H,2-5,8-10H2,1H3,(H,16,18)/t11-/m1/s1. The Kier molecular flexibility index (Phi) is 4.71. The van der Waals surface area contributed by atoms with Gasteiger partial charge < -0.3 is 4.90 Å². The molecule has 1 aliphatic rings. The average Bonchev–Trinajstić information content (AvgIpc) is 2.65. The van der Waals surface area contributed by atoms with Gasteiger partial charge in [0.1, 0.15) is 5.69 Å². The van der Waals surface area contributed by atoms with Crippen LogP contribution in [0.3, 0.4) is 0 Å². The van der Waals surface area contributed by atoms with Gasteiger partial charge in [-0.25, -0.2) is 5.10 Å². The number of amides is 1. The monoisotopic (exact) mass is 263 g/mol. The Bertz CT molecular complexity index is 463. The van der Waals surface area contributed by atoms with E-state index in [1.54, 1.807) is 0 Å². The molecule has 1 saturated heterocycles. The number of carbonyl (C=O) groups is 1. The van der Waals surface area contributed by atoms with Gasteiger partial charge in [-0.2, -0.15) is 5.10 Å². The molecule has 2 rings (SSSR count). The lowest BCUT2D eigenvalue weighted by Gasteiger charge is -2.19. The van der Waals surface area contributed by atoms with Crippen molar-refractivity contribution < 1.29 is 4.79 Å².